The highest BCUT2D eigenvalue weighted by molar-refractivity contribution is 6.08. The second kappa shape index (κ2) is 8.10. The van der Waals surface area contributed by atoms with Gasteiger partial charge in [0.15, 0.2) is 11.5 Å². The molecule has 0 radical (unpaired) electrons. The Kier molecular flexibility index (Phi) is 5.31. The summed E-state index contributed by atoms with van der Waals surface area (Å²) in [5.41, 5.74) is 1.64. The molecule has 1 atom stereocenters. The summed E-state index contributed by atoms with van der Waals surface area (Å²) in [5, 5.41) is 5.60. The average molecular weight is 440 g/mol. The largest absolute Gasteiger partial charge is 0.497 e. The van der Waals surface area contributed by atoms with Crippen LogP contribution >= 0.6 is 0 Å². The number of carbonyl (C=O) groups excluding carboxylic acids is 4. The van der Waals surface area contributed by atoms with Gasteiger partial charge >= 0.3 is 6.03 Å². The van der Waals surface area contributed by atoms with Gasteiger partial charge in [-0.05, 0) is 42.8 Å². The summed E-state index contributed by atoms with van der Waals surface area (Å²) in [6.45, 7) is 1.15. The van der Waals surface area contributed by atoms with Gasteiger partial charge in [0.25, 0.3) is 17.7 Å². The van der Waals surface area contributed by atoms with Crippen LogP contribution in [0.1, 0.15) is 22.8 Å². The number of carbonyl (C=O) groups is 4. The molecule has 1 fully saturated rings. The van der Waals surface area contributed by atoms with E-state index in [1.165, 1.54) is 26.2 Å². The van der Waals surface area contributed by atoms with Crippen LogP contribution in [-0.4, -0.2) is 49.2 Å². The van der Waals surface area contributed by atoms with Crippen molar-refractivity contribution in [3.63, 3.8) is 0 Å². The maximum atomic E-state index is 12.9. The molecule has 11 heteroatoms. The Hall–Kier alpha value is -4.28. The molecular formula is C21H20N4O7. The van der Waals surface area contributed by atoms with E-state index in [9.17, 15) is 19.2 Å². The van der Waals surface area contributed by atoms with Crippen LogP contribution in [0.5, 0.6) is 17.2 Å². The Bertz CT molecular complexity index is 1100. The van der Waals surface area contributed by atoms with Crippen molar-refractivity contribution in [3.8, 4) is 17.2 Å². The Balaban J connectivity index is 1.37. The van der Waals surface area contributed by atoms with Gasteiger partial charge in [0.1, 0.15) is 11.3 Å². The minimum atomic E-state index is -1.37. The number of hydrogen-bond donors (Lipinski definition) is 3. The molecule has 3 N–H and O–H groups in total. The molecule has 11 nitrogen and oxygen atoms in total. The first kappa shape index (κ1) is 21.0. The van der Waals surface area contributed by atoms with E-state index in [0.29, 0.717) is 27.8 Å². The quantitative estimate of drug-likeness (QED) is 0.562. The SMILES string of the molecule is COc1ccc([C@]2(C)NC(=O)N(NC(=O)CNC(=O)c3ccc4c(c3)OCO4)C2=O)cc1. The van der Waals surface area contributed by atoms with Crippen molar-refractivity contribution < 1.29 is 33.4 Å². The average Bonchev–Trinajstić information content (AvgIpc) is 3.35. The zero-order valence-corrected chi connectivity index (χ0v) is 17.3. The van der Waals surface area contributed by atoms with Crippen molar-refractivity contribution in [1.29, 1.82) is 0 Å². The van der Waals surface area contributed by atoms with Crippen molar-refractivity contribution in [2.24, 2.45) is 0 Å². The van der Waals surface area contributed by atoms with Crippen molar-refractivity contribution in [2.75, 3.05) is 20.4 Å². The summed E-state index contributed by atoms with van der Waals surface area (Å²) in [6, 6.07) is 10.4. The number of hydrazine groups is 1. The molecule has 2 aromatic rings. The number of ether oxygens (including phenoxy) is 3. The number of rotatable bonds is 6. The number of methoxy groups -OCH3 is 1. The number of benzene rings is 2. The Morgan fingerprint density at radius 3 is 2.56 bits per heavy atom. The molecule has 1 saturated heterocycles. The first-order valence-electron chi connectivity index (χ1n) is 9.60. The molecule has 4 rings (SSSR count). The zero-order chi connectivity index (χ0) is 22.9. The lowest BCUT2D eigenvalue weighted by Gasteiger charge is -2.22. The summed E-state index contributed by atoms with van der Waals surface area (Å²) >= 11 is 0. The van der Waals surface area contributed by atoms with Crippen LogP contribution in [0, 0.1) is 0 Å². The zero-order valence-electron chi connectivity index (χ0n) is 17.3. The van der Waals surface area contributed by atoms with Gasteiger partial charge in [-0.3, -0.25) is 19.8 Å². The van der Waals surface area contributed by atoms with Gasteiger partial charge < -0.3 is 24.8 Å². The van der Waals surface area contributed by atoms with E-state index in [4.69, 9.17) is 14.2 Å². The lowest BCUT2D eigenvalue weighted by atomic mass is 9.92. The number of hydrogen-bond acceptors (Lipinski definition) is 7. The van der Waals surface area contributed by atoms with Gasteiger partial charge in [-0.15, -0.1) is 0 Å². The van der Waals surface area contributed by atoms with Crippen molar-refractivity contribution >= 4 is 23.8 Å². The fourth-order valence-electron chi connectivity index (χ4n) is 3.33. The van der Waals surface area contributed by atoms with Crippen LogP contribution in [0.3, 0.4) is 0 Å². The van der Waals surface area contributed by atoms with Crippen LogP contribution in [0.15, 0.2) is 42.5 Å². The number of fused-ring (bicyclic) bond motifs is 1. The van der Waals surface area contributed by atoms with E-state index in [2.05, 4.69) is 16.1 Å². The molecule has 0 aromatic heterocycles. The van der Waals surface area contributed by atoms with Gasteiger partial charge in [-0.2, -0.15) is 5.01 Å². The maximum Gasteiger partial charge on any atom is 0.344 e. The number of nitrogens with one attached hydrogen (secondary N) is 3. The monoisotopic (exact) mass is 440 g/mol. The van der Waals surface area contributed by atoms with E-state index in [-0.39, 0.29) is 12.4 Å². The summed E-state index contributed by atoms with van der Waals surface area (Å²) < 4.78 is 15.5. The third kappa shape index (κ3) is 3.75. The predicted molar refractivity (Wildman–Crippen MR) is 109 cm³/mol. The Morgan fingerprint density at radius 2 is 1.84 bits per heavy atom. The first-order valence-corrected chi connectivity index (χ1v) is 9.60. The van der Waals surface area contributed by atoms with Crippen LogP contribution in [-0.2, 0) is 15.1 Å². The molecule has 166 valence electrons. The molecule has 5 amide bonds. The summed E-state index contributed by atoms with van der Waals surface area (Å²) in [7, 11) is 1.52. The fraction of sp³-hybridized carbons (Fsp3) is 0.238. The second-order valence-electron chi connectivity index (χ2n) is 7.21. The molecule has 0 saturated carbocycles. The molecule has 0 bridgehead atoms. The van der Waals surface area contributed by atoms with Gasteiger partial charge in [-0.1, -0.05) is 12.1 Å². The number of urea groups is 1. The summed E-state index contributed by atoms with van der Waals surface area (Å²) in [6.07, 6.45) is 0. The molecule has 0 unspecified atom stereocenters. The van der Waals surface area contributed by atoms with E-state index in [1.807, 2.05) is 0 Å². The van der Waals surface area contributed by atoms with Crippen LogP contribution in [0.25, 0.3) is 0 Å². The van der Waals surface area contributed by atoms with Crippen LogP contribution in [0.2, 0.25) is 0 Å². The smallest absolute Gasteiger partial charge is 0.344 e. The first-order chi connectivity index (χ1) is 15.3. The molecule has 2 aliphatic heterocycles. The standard InChI is InChI=1S/C21H20N4O7/c1-21(13-4-6-14(30-2)7-5-13)19(28)25(20(29)23-21)24-17(26)10-22-18(27)12-3-8-15-16(9-12)32-11-31-15/h3-9H,10-11H2,1-2H3,(H,22,27)(H,23,29)(H,24,26)/t21-/m0/s1. The van der Waals surface area contributed by atoms with Crippen molar-refractivity contribution in [2.45, 2.75) is 12.5 Å². The highest BCUT2D eigenvalue weighted by Crippen LogP contribution is 2.32. The van der Waals surface area contributed by atoms with E-state index in [0.717, 1.165) is 0 Å². The van der Waals surface area contributed by atoms with Crippen molar-refractivity contribution in [1.82, 2.24) is 21.1 Å². The highest BCUT2D eigenvalue weighted by atomic mass is 16.7. The van der Waals surface area contributed by atoms with E-state index < -0.39 is 35.8 Å². The third-order valence-electron chi connectivity index (χ3n) is 5.14. The highest BCUT2D eigenvalue weighted by Gasteiger charge is 2.50. The minimum Gasteiger partial charge on any atom is -0.497 e. The van der Waals surface area contributed by atoms with Gasteiger partial charge in [-0.25, -0.2) is 4.79 Å². The number of imide groups is 1. The molecule has 0 spiro atoms. The van der Waals surface area contributed by atoms with Gasteiger partial charge in [0.05, 0.1) is 13.7 Å². The molecule has 2 aliphatic rings. The normalized spacial score (nSPS) is 18.9. The minimum absolute atomic E-state index is 0.0736. The second-order valence-corrected chi connectivity index (χ2v) is 7.21. The molecule has 0 aliphatic carbocycles. The maximum absolute atomic E-state index is 12.9. The lowest BCUT2D eigenvalue weighted by molar-refractivity contribution is -0.138. The molecular weight excluding hydrogens is 420 g/mol. The fourth-order valence-corrected chi connectivity index (χ4v) is 3.33. The lowest BCUT2D eigenvalue weighted by Crippen LogP contribution is -2.50. The number of amides is 5. The molecule has 2 aromatic carbocycles. The van der Waals surface area contributed by atoms with E-state index >= 15 is 0 Å². The Labute approximate surface area is 182 Å². The third-order valence-corrected chi connectivity index (χ3v) is 5.14. The van der Waals surface area contributed by atoms with Crippen molar-refractivity contribution in [3.05, 3.63) is 53.6 Å². The topological polar surface area (TPSA) is 135 Å². The van der Waals surface area contributed by atoms with Gasteiger partial charge in [0, 0.05) is 5.56 Å². The molecule has 32 heavy (non-hydrogen) atoms. The number of nitrogens with zero attached hydrogens (tertiary/aromatic N) is 1. The Morgan fingerprint density at radius 1 is 1.12 bits per heavy atom. The van der Waals surface area contributed by atoms with Gasteiger partial charge in [0.2, 0.25) is 6.79 Å². The van der Waals surface area contributed by atoms with E-state index in [1.54, 1.807) is 30.3 Å². The van der Waals surface area contributed by atoms with Crippen LogP contribution < -0.4 is 30.3 Å². The van der Waals surface area contributed by atoms with Crippen LogP contribution in [0.4, 0.5) is 4.79 Å². The predicted octanol–water partition coefficient (Wildman–Crippen LogP) is 0.652. The molecule has 2 heterocycles. The summed E-state index contributed by atoms with van der Waals surface area (Å²) in [5.74, 6) is -0.391. The summed E-state index contributed by atoms with van der Waals surface area (Å²) in [4.78, 5) is 49.8.